The van der Waals surface area contributed by atoms with Crippen molar-refractivity contribution in [1.82, 2.24) is 4.57 Å². The number of benzene rings is 2. The molecular formula is C22H19FN2OS. The molecule has 0 aliphatic heterocycles. The summed E-state index contributed by atoms with van der Waals surface area (Å²) in [5.74, 6) is -0.414. The third kappa shape index (κ3) is 3.51. The third-order valence-corrected chi connectivity index (χ3v) is 5.63. The summed E-state index contributed by atoms with van der Waals surface area (Å²) >= 11 is 1.60. The molecule has 27 heavy (non-hydrogen) atoms. The molecule has 136 valence electrons. The van der Waals surface area contributed by atoms with Gasteiger partial charge in [0.15, 0.2) is 0 Å². The van der Waals surface area contributed by atoms with Gasteiger partial charge in [-0.25, -0.2) is 4.39 Å². The summed E-state index contributed by atoms with van der Waals surface area (Å²) in [6.07, 6.45) is 0. The lowest BCUT2D eigenvalue weighted by Gasteiger charge is -2.12. The summed E-state index contributed by atoms with van der Waals surface area (Å²) in [5, 5.41) is 5.01. The molecule has 5 heteroatoms. The fraction of sp³-hybridized carbons (Fsp3) is 0.136. The smallest absolute Gasteiger partial charge is 0.272 e. The number of aryl methyl sites for hydroxylation is 2. The van der Waals surface area contributed by atoms with E-state index in [1.54, 1.807) is 23.5 Å². The molecule has 0 aliphatic carbocycles. The van der Waals surface area contributed by atoms with Gasteiger partial charge in [0.05, 0.1) is 10.2 Å². The molecule has 0 aliphatic rings. The molecule has 2 aromatic heterocycles. The molecule has 0 unspecified atom stereocenters. The zero-order valence-corrected chi connectivity index (χ0v) is 15.9. The number of fused-ring (bicyclic) bond motifs is 1. The maximum atomic E-state index is 13.2. The molecule has 3 nitrogen and oxygen atoms in total. The predicted octanol–water partition coefficient (Wildman–Crippen LogP) is 5.76. The van der Waals surface area contributed by atoms with Gasteiger partial charge in [0, 0.05) is 12.2 Å². The van der Waals surface area contributed by atoms with E-state index in [-0.39, 0.29) is 11.7 Å². The lowest BCUT2D eigenvalue weighted by molar-refractivity contribution is 0.101. The zero-order chi connectivity index (χ0) is 19.0. The zero-order valence-electron chi connectivity index (χ0n) is 15.1. The van der Waals surface area contributed by atoms with E-state index in [1.807, 2.05) is 54.1 Å². The second-order valence-electron chi connectivity index (χ2n) is 6.67. The Balaban J connectivity index is 1.68. The Morgan fingerprint density at radius 2 is 1.81 bits per heavy atom. The summed E-state index contributed by atoms with van der Waals surface area (Å²) in [4.78, 5) is 13.0. The number of hydrogen-bond acceptors (Lipinski definition) is 2. The van der Waals surface area contributed by atoms with E-state index in [1.165, 1.54) is 17.7 Å². The third-order valence-electron chi connectivity index (χ3n) is 4.77. The van der Waals surface area contributed by atoms with Gasteiger partial charge in [-0.05, 0) is 72.3 Å². The van der Waals surface area contributed by atoms with Crippen molar-refractivity contribution in [3.05, 3.63) is 88.2 Å². The minimum atomic E-state index is -0.264. The Hall–Kier alpha value is -2.92. The van der Waals surface area contributed by atoms with Gasteiger partial charge in [-0.2, -0.15) is 0 Å². The summed E-state index contributed by atoms with van der Waals surface area (Å²) in [6, 6.07) is 16.2. The van der Waals surface area contributed by atoms with Gasteiger partial charge < -0.3 is 9.88 Å². The number of nitrogens with zero attached hydrogens (tertiary/aromatic N) is 1. The summed E-state index contributed by atoms with van der Waals surface area (Å²) in [7, 11) is 0. The highest BCUT2D eigenvalue weighted by molar-refractivity contribution is 7.17. The molecule has 1 N–H and O–H groups in total. The molecule has 1 amide bonds. The van der Waals surface area contributed by atoms with Crippen molar-refractivity contribution < 1.29 is 9.18 Å². The van der Waals surface area contributed by atoms with Crippen molar-refractivity contribution in [3.8, 4) is 0 Å². The van der Waals surface area contributed by atoms with Crippen LogP contribution in [0.1, 0.15) is 27.2 Å². The number of anilines is 1. The molecule has 0 saturated heterocycles. The standard InChI is InChI=1S/C22H19FN2OS/c1-14-3-8-18(11-15(14)2)24-22(26)20-12-21-19(9-10-27-21)25(20)13-16-4-6-17(23)7-5-16/h3-12H,13H2,1-2H3,(H,24,26). The molecule has 0 spiro atoms. The first-order valence-electron chi connectivity index (χ1n) is 8.71. The van der Waals surface area contributed by atoms with Crippen LogP contribution in [0.2, 0.25) is 0 Å². The van der Waals surface area contributed by atoms with Crippen molar-refractivity contribution in [2.24, 2.45) is 0 Å². The maximum Gasteiger partial charge on any atom is 0.272 e. The molecule has 0 fully saturated rings. The molecule has 0 atom stereocenters. The summed E-state index contributed by atoms with van der Waals surface area (Å²) in [5.41, 5.74) is 5.65. The van der Waals surface area contributed by atoms with Crippen molar-refractivity contribution in [2.75, 3.05) is 5.32 Å². The number of nitrogens with one attached hydrogen (secondary N) is 1. The van der Waals surface area contributed by atoms with Crippen LogP contribution in [0.3, 0.4) is 0 Å². The average Bonchev–Trinajstić information content (AvgIpc) is 3.23. The Bertz CT molecular complexity index is 1130. The van der Waals surface area contributed by atoms with Crippen LogP contribution in [-0.2, 0) is 6.54 Å². The van der Waals surface area contributed by atoms with Gasteiger partial charge >= 0.3 is 0 Å². The van der Waals surface area contributed by atoms with E-state index < -0.39 is 0 Å². The van der Waals surface area contributed by atoms with Gasteiger partial charge in [-0.3, -0.25) is 4.79 Å². The first kappa shape index (κ1) is 17.5. The molecule has 4 aromatic rings. The number of carbonyl (C=O) groups excluding carboxylic acids is 1. The number of thiophene rings is 1. The minimum absolute atomic E-state index is 0.149. The van der Waals surface area contributed by atoms with E-state index in [9.17, 15) is 9.18 Å². The van der Waals surface area contributed by atoms with Crippen LogP contribution in [0.25, 0.3) is 10.2 Å². The topological polar surface area (TPSA) is 34.0 Å². The molecule has 4 rings (SSSR count). The number of amides is 1. The van der Waals surface area contributed by atoms with Crippen molar-refractivity contribution in [1.29, 1.82) is 0 Å². The SMILES string of the molecule is Cc1ccc(NC(=O)c2cc3sccc3n2Cc2ccc(F)cc2)cc1C. The van der Waals surface area contributed by atoms with E-state index in [2.05, 4.69) is 5.32 Å². The normalized spacial score (nSPS) is 11.1. The fourth-order valence-corrected chi connectivity index (χ4v) is 3.94. The number of aromatic nitrogens is 1. The highest BCUT2D eigenvalue weighted by Crippen LogP contribution is 2.27. The Kier molecular flexibility index (Phi) is 4.54. The molecule has 0 saturated carbocycles. The number of hydrogen-bond donors (Lipinski definition) is 1. The molecule has 2 heterocycles. The monoisotopic (exact) mass is 378 g/mol. The summed E-state index contributed by atoms with van der Waals surface area (Å²) < 4.78 is 16.2. The van der Waals surface area contributed by atoms with Crippen molar-refractivity contribution in [2.45, 2.75) is 20.4 Å². The van der Waals surface area contributed by atoms with Gasteiger partial charge in [0.25, 0.3) is 5.91 Å². The van der Waals surface area contributed by atoms with E-state index in [4.69, 9.17) is 0 Å². The van der Waals surface area contributed by atoms with E-state index in [0.29, 0.717) is 12.2 Å². The lowest BCUT2D eigenvalue weighted by Crippen LogP contribution is -2.17. The first-order chi connectivity index (χ1) is 13.0. The Morgan fingerprint density at radius 3 is 2.56 bits per heavy atom. The number of carbonyl (C=O) groups is 1. The highest BCUT2D eigenvalue weighted by atomic mass is 32.1. The van der Waals surface area contributed by atoms with Gasteiger partial charge in [-0.15, -0.1) is 11.3 Å². The van der Waals surface area contributed by atoms with Crippen LogP contribution >= 0.6 is 11.3 Å². The molecule has 0 radical (unpaired) electrons. The fourth-order valence-electron chi connectivity index (χ4n) is 3.12. The van der Waals surface area contributed by atoms with E-state index in [0.717, 1.165) is 27.0 Å². The van der Waals surface area contributed by atoms with Crippen LogP contribution in [0.4, 0.5) is 10.1 Å². The van der Waals surface area contributed by atoms with Crippen molar-refractivity contribution >= 4 is 33.1 Å². The van der Waals surface area contributed by atoms with Crippen LogP contribution in [0.15, 0.2) is 60.0 Å². The minimum Gasteiger partial charge on any atom is -0.331 e. The molecule has 0 bridgehead atoms. The van der Waals surface area contributed by atoms with Crippen LogP contribution < -0.4 is 5.32 Å². The van der Waals surface area contributed by atoms with Gasteiger partial charge in [-0.1, -0.05) is 18.2 Å². The average molecular weight is 378 g/mol. The van der Waals surface area contributed by atoms with E-state index >= 15 is 0 Å². The van der Waals surface area contributed by atoms with Crippen LogP contribution in [-0.4, -0.2) is 10.5 Å². The van der Waals surface area contributed by atoms with Gasteiger partial charge in [0.1, 0.15) is 11.5 Å². The van der Waals surface area contributed by atoms with Crippen molar-refractivity contribution in [3.63, 3.8) is 0 Å². The van der Waals surface area contributed by atoms with Crippen LogP contribution in [0.5, 0.6) is 0 Å². The number of rotatable bonds is 4. The highest BCUT2D eigenvalue weighted by Gasteiger charge is 2.17. The van der Waals surface area contributed by atoms with Gasteiger partial charge in [0.2, 0.25) is 0 Å². The second kappa shape index (κ2) is 7.00. The largest absolute Gasteiger partial charge is 0.331 e. The van der Waals surface area contributed by atoms with Crippen LogP contribution in [0, 0.1) is 19.7 Å². The molecule has 2 aromatic carbocycles. The summed E-state index contributed by atoms with van der Waals surface area (Å²) in [6.45, 7) is 4.58. The first-order valence-corrected chi connectivity index (χ1v) is 9.59. The maximum absolute atomic E-state index is 13.2. The predicted molar refractivity (Wildman–Crippen MR) is 109 cm³/mol. The lowest BCUT2D eigenvalue weighted by atomic mass is 10.1. The second-order valence-corrected chi connectivity index (χ2v) is 7.61. The number of halogens is 1. The Morgan fingerprint density at radius 1 is 1.04 bits per heavy atom. The quantitative estimate of drug-likeness (QED) is 0.481. The Labute approximate surface area is 161 Å². The molecular weight excluding hydrogens is 359 g/mol.